The van der Waals surface area contributed by atoms with Gasteiger partial charge >= 0.3 is 0 Å². The highest BCUT2D eigenvalue weighted by Crippen LogP contribution is 2.53. The molecule has 2 fully saturated rings. The van der Waals surface area contributed by atoms with E-state index < -0.39 is 21.6 Å². The van der Waals surface area contributed by atoms with Gasteiger partial charge in [-0.15, -0.1) is 0 Å². The van der Waals surface area contributed by atoms with Crippen LogP contribution in [0.15, 0.2) is 146 Å². The van der Waals surface area contributed by atoms with E-state index in [1.54, 1.807) is 42.7 Å². The van der Waals surface area contributed by atoms with Crippen molar-refractivity contribution in [2.45, 2.75) is 59.0 Å². The van der Waals surface area contributed by atoms with Crippen LogP contribution in [-0.2, 0) is 25.4 Å². The minimum absolute atomic E-state index is 0.190. The lowest BCUT2D eigenvalue weighted by Gasteiger charge is -2.46. The maximum absolute atomic E-state index is 6.53. The summed E-state index contributed by atoms with van der Waals surface area (Å²) in [5.74, 6) is 4.25. The van der Waals surface area contributed by atoms with Crippen molar-refractivity contribution in [1.82, 2.24) is 0 Å². The molecule has 2 aliphatic rings. The Morgan fingerprint density at radius 2 is 0.658 bits per heavy atom. The molecule has 0 unspecified atom stereocenters. The number of methoxy groups -OCH3 is 6. The first kappa shape index (κ1) is 57.6. The highest BCUT2D eigenvalue weighted by Gasteiger charge is 2.45. The molecule has 2 heterocycles. The summed E-state index contributed by atoms with van der Waals surface area (Å²) in [6, 6.07) is 49.4. The van der Waals surface area contributed by atoms with E-state index in [1.807, 2.05) is 113 Å². The van der Waals surface area contributed by atoms with Gasteiger partial charge in [-0.2, -0.15) is 0 Å². The summed E-state index contributed by atoms with van der Waals surface area (Å²) in [7, 11) is 8.43. The van der Waals surface area contributed by atoms with Crippen molar-refractivity contribution in [3.63, 3.8) is 0 Å². The van der Waals surface area contributed by atoms with Crippen LogP contribution in [0.3, 0.4) is 0 Å². The minimum Gasteiger partial charge on any atom is -0.496 e. The van der Waals surface area contributed by atoms with Crippen molar-refractivity contribution in [3.8, 4) is 34.5 Å². The summed E-state index contributed by atoms with van der Waals surface area (Å²) in [4.78, 5) is 0. The highest BCUT2D eigenvalue weighted by atomic mass is 79.9. The van der Waals surface area contributed by atoms with Gasteiger partial charge in [-0.1, -0.05) is 132 Å². The molecule has 0 amide bonds. The summed E-state index contributed by atoms with van der Waals surface area (Å²) in [6.45, 7) is 12.8. The number of benzene rings is 6. The number of alkyl halides is 1. The zero-order chi connectivity index (χ0) is 52.5. The van der Waals surface area contributed by atoms with Gasteiger partial charge in [0, 0.05) is 43.8 Å². The summed E-state index contributed by atoms with van der Waals surface area (Å²) in [5, 5.41) is 5.61. The standard InChI is InChI=1S/C36H42O6P2.C15H16O2.C9H17BrO2/c1-35(2)41-23-36(24-42-35,25-43(31-19-11-7-15-27(31)37-3)32-20-12-8-16-28(32)38-4)26-44(33-21-13-9-17-29(33)39-5)34-22-14-10-18-30(34)40-6;1-16-14-9-5-3-7-12(14)11-13-8-4-6-10-15(13)17-2;1-4-9(5-10)6-11-8(2,3)12-7-9/h7-22H,23-26H2,1-6H3;3-10H,11H2,1-2H3;4-7H2,1-3H3. The monoisotopic (exact) mass is 1100 g/mol. The lowest BCUT2D eigenvalue weighted by atomic mass is 9.88. The third-order valence-corrected chi connectivity index (χ3v) is 20.2. The van der Waals surface area contributed by atoms with Crippen LogP contribution in [0.2, 0.25) is 0 Å². The quantitative estimate of drug-likeness (QED) is 0.0612. The van der Waals surface area contributed by atoms with Gasteiger partial charge in [-0.3, -0.25) is 0 Å². The third kappa shape index (κ3) is 15.2. The van der Waals surface area contributed by atoms with E-state index in [2.05, 4.69) is 83.5 Å². The topological polar surface area (TPSA) is 92.3 Å². The first-order valence-electron chi connectivity index (χ1n) is 24.6. The third-order valence-electron chi connectivity index (χ3n) is 13.2. The SMILES string of the molecule is CCC1(CBr)COC(C)(C)OC1.COc1ccccc1Cc1ccccc1OC.COc1ccccc1P(CC1(CP(c2ccccc2OC)c2ccccc2OC)COC(C)(C)OC1)c1ccccc1OC. The van der Waals surface area contributed by atoms with E-state index >= 15 is 0 Å². The molecule has 2 saturated heterocycles. The second kappa shape index (κ2) is 27.2. The number of rotatable bonds is 18. The molecule has 13 heteroatoms. The zero-order valence-corrected chi connectivity index (χ0v) is 48.0. The Kier molecular flexibility index (Phi) is 21.4. The highest BCUT2D eigenvalue weighted by molar-refractivity contribution is 9.09. The number of halogens is 1. The fourth-order valence-corrected chi connectivity index (χ4v) is 15.5. The summed E-state index contributed by atoms with van der Waals surface area (Å²) < 4.78 is 58.7. The summed E-state index contributed by atoms with van der Waals surface area (Å²) in [6.07, 6.45) is 3.52. The normalized spacial score (nSPS) is 16.2. The molecule has 0 spiro atoms. The van der Waals surface area contributed by atoms with Crippen molar-refractivity contribution in [1.29, 1.82) is 0 Å². The van der Waals surface area contributed by atoms with E-state index in [-0.39, 0.29) is 16.6 Å². The van der Waals surface area contributed by atoms with E-state index in [9.17, 15) is 0 Å². The average Bonchev–Trinajstić information content (AvgIpc) is 3.43. The van der Waals surface area contributed by atoms with Gasteiger partial charge < -0.3 is 47.4 Å². The fraction of sp³-hybridized carbons (Fsp3) is 0.400. The van der Waals surface area contributed by atoms with Crippen LogP contribution in [0.5, 0.6) is 34.5 Å². The molecule has 0 aliphatic carbocycles. The second-order valence-electron chi connectivity index (χ2n) is 19.1. The Labute approximate surface area is 445 Å². The molecular formula is C60H75BrO10P2. The molecule has 10 nitrogen and oxygen atoms in total. The molecule has 0 radical (unpaired) electrons. The Hall–Kier alpha value is -4.70. The van der Waals surface area contributed by atoms with Crippen LogP contribution in [0.25, 0.3) is 0 Å². The molecule has 0 saturated carbocycles. The Balaban J connectivity index is 0.000000242. The Morgan fingerprint density at radius 3 is 0.932 bits per heavy atom. The van der Waals surface area contributed by atoms with Gasteiger partial charge in [0.05, 0.1) is 69.1 Å². The predicted octanol–water partition coefficient (Wildman–Crippen LogP) is 11.9. The molecule has 6 aromatic rings. The summed E-state index contributed by atoms with van der Waals surface area (Å²) in [5.41, 5.74) is 2.17. The summed E-state index contributed by atoms with van der Waals surface area (Å²) >= 11 is 3.51. The minimum atomic E-state index is -0.959. The van der Waals surface area contributed by atoms with E-state index in [0.717, 1.165) is 99.4 Å². The van der Waals surface area contributed by atoms with Gasteiger partial charge in [-0.25, -0.2) is 0 Å². The van der Waals surface area contributed by atoms with Gasteiger partial charge in [-0.05, 0) is 110 Å². The van der Waals surface area contributed by atoms with Gasteiger partial charge in [0.1, 0.15) is 34.5 Å². The first-order chi connectivity index (χ1) is 35.2. The molecule has 0 N–H and O–H groups in total. The molecule has 6 aromatic carbocycles. The largest absolute Gasteiger partial charge is 0.496 e. The smallest absolute Gasteiger partial charge is 0.162 e. The molecule has 0 atom stereocenters. The number of ether oxygens (including phenoxy) is 10. The molecule has 392 valence electrons. The van der Waals surface area contributed by atoms with Crippen LogP contribution >= 0.6 is 31.8 Å². The molecule has 8 rings (SSSR count). The van der Waals surface area contributed by atoms with Crippen molar-refractivity contribution >= 4 is 53.0 Å². The second-order valence-corrected chi connectivity index (χ2v) is 23.9. The molecular weight excluding hydrogens is 1020 g/mol. The lowest BCUT2D eigenvalue weighted by molar-refractivity contribution is -0.281. The van der Waals surface area contributed by atoms with E-state index in [1.165, 1.54) is 11.1 Å². The molecule has 2 aliphatic heterocycles. The molecule has 0 aromatic heterocycles. The van der Waals surface area contributed by atoms with Crippen LogP contribution in [0.4, 0.5) is 0 Å². The average molecular weight is 1100 g/mol. The zero-order valence-electron chi connectivity index (χ0n) is 44.6. The first-order valence-corrected chi connectivity index (χ1v) is 28.8. The van der Waals surface area contributed by atoms with Crippen LogP contribution < -0.4 is 49.6 Å². The Bertz CT molecular complexity index is 2370. The van der Waals surface area contributed by atoms with Crippen LogP contribution in [0, 0.1) is 10.8 Å². The predicted molar refractivity (Wildman–Crippen MR) is 304 cm³/mol. The number of hydrogen-bond acceptors (Lipinski definition) is 10. The molecule has 0 bridgehead atoms. The van der Waals surface area contributed by atoms with Gasteiger partial charge in [0.15, 0.2) is 11.6 Å². The number of hydrogen-bond donors (Lipinski definition) is 0. The van der Waals surface area contributed by atoms with E-state index in [4.69, 9.17) is 47.4 Å². The van der Waals surface area contributed by atoms with Gasteiger partial charge in [0.25, 0.3) is 0 Å². The fourth-order valence-electron chi connectivity index (χ4n) is 8.67. The molecule has 73 heavy (non-hydrogen) atoms. The van der Waals surface area contributed by atoms with Crippen molar-refractivity contribution in [3.05, 3.63) is 157 Å². The van der Waals surface area contributed by atoms with Crippen LogP contribution in [-0.4, -0.2) is 98.3 Å². The van der Waals surface area contributed by atoms with E-state index in [0.29, 0.717) is 13.2 Å². The van der Waals surface area contributed by atoms with Gasteiger partial charge in [0.2, 0.25) is 0 Å². The van der Waals surface area contributed by atoms with Crippen LogP contribution in [0.1, 0.15) is 52.2 Å². The Morgan fingerprint density at radius 1 is 0.397 bits per heavy atom. The van der Waals surface area contributed by atoms with Crippen molar-refractivity contribution in [2.75, 3.05) is 86.7 Å². The maximum atomic E-state index is 6.53. The van der Waals surface area contributed by atoms with Crippen molar-refractivity contribution < 1.29 is 47.4 Å². The van der Waals surface area contributed by atoms with Crippen molar-refractivity contribution in [2.24, 2.45) is 10.8 Å². The number of para-hydroxylation sites is 6. The maximum Gasteiger partial charge on any atom is 0.162 e. The lowest BCUT2D eigenvalue weighted by Crippen LogP contribution is -2.51.